The molecule has 1 saturated heterocycles. The Morgan fingerprint density at radius 3 is 3.00 bits per heavy atom. The van der Waals surface area contributed by atoms with Crippen LogP contribution in [0.25, 0.3) is 0 Å². The molecule has 1 heterocycles. The van der Waals surface area contributed by atoms with Crippen LogP contribution in [-0.2, 0) is 4.79 Å². The Morgan fingerprint density at radius 1 is 1.60 bits per heavy atom. The molecular weight excluding hydrogens is 210 g/mol. The molecule has 0 aromatic heterocycles. The van der Waals surface area contributed by atoms with E-state index in [0.717, 1.165) is 5.56 Å². The SMILES string of the molecule is Cc1cccc([C@H]2N[C@H](C(=O)O)CS2)c1. The maximum Gasteiger partial charge on any atom is 0.321 e. The van der Waals surface area contributed by atoms with E-state index >= 15 is 0 Å². The number of benzene rings is 1. The maximum atomic E-state index is 10.8. The quantitative estimate of drug-likeness (QED) is 0.802. The van der Waals surface area contributed by atoms with Crippen molar-refractivity contribution in [3.8, 4) is 0 Å². The van der Waals surface area contributed by atoms with Crippen molar-refractivity contribution in [2.24, 2.45) is 0 Å². The van der Waals surface area contributed by atoms with Gasteiger partial charge in [0.15, 0.2) is 0 Å². The zero-order chi connectivity index (χ0) is 10.8. The van der Waals surface area contributed by atoms with Gasteiger partial charge < -0.3 is 5.11 Å². The third-order valence-electron chi connectivity index (χ3n) is 2.43. The van der Waals surface area contributed by atoms with Crippen molar-refractivity contribution in [2.75, 3.05) is 5.75 Å². The summed E-state index contributed by atoms with van der Waals surface area (Å²) in [6.07, 6.45) is 0. The molecule has 1 aliphatic rings. The monoisotopic (exact) mass is 223 g/mol. The molecule has 0 unspecified atom stereocenters. The van der Waals surface area contributed by atoms with Crippen molar-refractivity contribution >= 4 is 17.7 Å². The minimum Gasteiger partial charge on any atom is -0.480 e. The molecule has 0 spiro atoms. The van der Waals surface area contributed by atoms with E-state index in [0.29, 0.717) is 5.75 Å². The summed E-state index contributed by atoms with van der Waals surface area (Å²) in [4.78, 5) is 10.8. The molecular formula is C11H13NO2S. The first-order valence-electron chi connectivity index (χ1n) is 4.84. The minimum absolute atomic E-state index is 0.117. The molecule has 0 aliphatic carbocycles. The van der Waals surface area contributed by atoms with Gasteiger partial charge in [-0.05, 0) is 12.5 Å². The number of aliphatic carboxylic acids is 1. The van der Waals surface area contributed by atoms with Gasteiger partial charge in [0.2, 0.25) is 0 Å². The highest BCUT2D eigenvalue weighted by Crippen LogP contribution is 2.32. The van der Waals surface area contributed by atoms with Crippen LogP contribution < -0.4 is 5.32 Å². The van der Waals surface area contributed by atoms with Crippen LogP contribution in [0.5, 0.6) is 0 Å². The van der Waals surface area contributed by atoms with Gasteiger partial charge in [0.1, 0.15) is 6.04 Å². The lowest BCUT2D eigenvalue weighted by Crippen LogP contribution is -2.33. The first-order valence-corrected chi connectivity index (χ1v) is 5.89. The van der Waals surface area contributed by atoms with Crippen LogP contribution in [0.2, 0.25) is 0 Å². The number of carboxylic acid groups (broad SMARTS) is 1. The second kappa shape index (κ2) is 4.24. The third kappa shape index (κ3) is 2.33. The number of thioether (sulfide) groups is 1. The lowest BCUT2D eigenvalue weighted by atomic mass is 10.1. The summed E-state index contributed by atoms with van der Waals surface area (Å²) in [6, 6.07) is 7.75. The largest absolute Gasteiger partial charge is 0.480 e. The van der Waals surface area contributed by atoms with Crippen molar-refractivity contribution in [2.45, 2.75) is 18.3 Å². The van der Waals surface area contributed by atoms with Crippen molar-refractivity contribution in [1.82, 2.24) is 5.32 Å². The normalized spacial score (nSPS) is 25.4. The second-order valence-electron chi connectivity index (χ2n) is 3.69. The molecule has 0 amide bonds. The van der Waals surface area contributed by atoms with Gasteiger partial charge in [0, 0.05) is 5.75 Å². The van der Waals surface area contributed by atoms with Crippen LogP contribution in [0.4, 0.5) is 0 Å². The fourth-order valence-corrected chi connectivity index (χ4v) is 2.86. The summed E-state index contributed by atoms with van der Waals surface area (Å²) >= 11 is 1.65. The average molecular weight is 223 g/mol. The fraction of sp³-hybridized carbons (Fsp3) is 0.364. The van der Waals surface area contributed by atoms with E-state index in [9.17, 15) is 4.79 Å². The molecule has 2 atom stereocenters. The van der Waals surface area contributed by atoms with E-state index in [4.69, 9.17) is 5.11 Å². The van der Waals surface area contributed by atoms with Gasteiger partial charge in [-0.1, -0.05) is 29.8 Å². The molecule has 2 rings (SSSR count). The molecule has 1 aromatic carbocycles. The Kier molecular flexibility index (Phi) is 2.98. The van der Waals surface area contributed by atoms with Crippen LogP contribution in [-0.4, -0.2) is 22.9 Å². The van der Waals surface area contributed by atoms with Crippen molar-refractivity contribution < 1.29 is 9.90 Å². The zero-order valence-electron chi connectivity index (χ0n) is 8.43. The van der Waals surface area contributed by atoms with Crippen molar-refractivity contribution in [1.29, 1.82) is 0 Å². The third-order valence-corrected chi connectivity index (χ3v) is 3.69. The lowest BCUT2D eigenvalue weighted by molar-refractivity contribution is -0.138. The molecule has 80 valence electrons. The van der Waals surface area contributed by atoms with E-state index in [-0.39, 0.29) is 5.37 Å². The Bertz CT molecular complexity index is 381. The Balaban J connectivity index is 2.11. The molecule has 0 saturated carbocycles. The van der Waals surface area contributed by atoms with E-state index in [1.54, 1.807) is 11.8 Å². The smallest absolute Gasteiger partial charge is 0.321 e. The molecule has 0 bridgehead atoms. The molecule has 0 radical (unpaired) electrons. The number of rotatable bonds is 2. The fourth-order valence-electron chi connectivity index (χ4n) is 1.64. The Morgan fingerprint density at radius 2 is 2.40 bits per heavy atom. The summed E-state index contributed by atoms with van der Waals surface area (Å²) < 4.78 is 0. The second-order valence-corrected chi connectivity index (χ2v) is 4.82. The van der Waals surface area contributed by atoms with Gasteiger partial charge in [-0.25, -0.2) is 0 Å². The molecule has 1 aliphatic heterocycles. The molecule has 3 nitrogen and oxygen atoms in total. The van der Waals surface area contributed by atoms with Crippen LogP contribution in [0.1, 0.15) is 16.5 Å². The van der Waals surface area contributed by atoms with Gasteiger partial charge >= 0.3 is 5.97 Å². The number of nitrogens with one attached hydrogen (secondary N) is 1. The van der Waals surface area contributed by atoms with Gasteiger partial charge in [0.05, 0.1) is 5.37 Å². The first-order chi connectivity index (χ1) is 7.16. The first kappa shape index (κ1) is 10.5. The number of hydrogen-bond donors (Lipinski definition) is 2. The highest BCUT2D eigenvalue weighted by Gasteiger charge is 2.30. The standard InChI is InChI=1S/C11H13NO2S/c1-7-3-2-4-8(5-7)10-12-9(6-15-10)11(13)14/h2-5,9-10,12H,6H2,1H3,(H,13,14)/t9-,10-/m0/s1. The number of carboxylic acids is 1. The average Bonchev–Trinajstić information content (AvgIpc) is 2.66. The molecule has 4 heteroatoms. The van der Waals surface area contributed by atoms with Gasteiger partial charge in [-0.3, -0.25) is 10.1 Å². The predicted octanol–water partition coefficient (Wildman–Crippen LogP) is 1.78. The predicted molar refractivity (Wildman–Crippen MR) is 60.9 cm³/mol. The molecule has 2 N–H and O–H groups in total. The summed E-state index contributed by atoms with van der Waals surface area (Å²) in [6.45, 7) is 2.04. The van der Waals surface area contributed by atoms with E-state index in [1.807, 2.05) is 25.1 Å². The van der Waals surface area contributed by atoms with Crippen LogP contribution in [0, 0.1) is 6.92 Å². The summed E-state index contributed by atoms with van der Waals surface area (Å²) in [7, 11) is 0. The lowest BCUT2D eigenvalue weighted by Gasteiger charge is -2.11. The van der Waals surface area contributed by atoms with Crippen LogP contribution in [0.3, 0.4) is 0 Å². The molecule has 15 heavy (non-hydrogen) atoms. The topological polar surface area (TPSA) is 49.3 Å². The van der Waals surface area contributed by atoms with Crippen molar-refractivity contribution in [3.63, 3.8) is 0 Å². The highest BCUT2D eigenvalue weighted by atomic mass is 32.2. The molecule has 1 fully saturated rings. The summed E-state index contributed by atoms with van der Waals surface area (Å²) in [5, 5.41) is 12.1. The van der Waals surface area contributed by atoms with E-state index < -0.39 is 12.0 Å². The maximum absolute atomic E-state index is 10.8. The van der Waals surface area contributed by atoms with Crippen molar-refractivity contribution in [3.05, 3.63) is 35.4 Å². The Hall–Kier alpha value is -1.00. The van der Waals surface area contributed by atoms with Crippen LogP contribution >= 0.6 is 11.8 Å². The summed E-state index contributed by atoms with van der Waals surface area (Å²) in [5.41, 5.74) is 2.36. The van der Waals surface area contributed by atoms with Gasteiger partial charge in [-0.15, -0.1) is 11.8 Å². The van der Waals surface area contributed by atoms with Gasteiger partial charge in [-0.2, -0.15) is 0 Å². The van der Waals surface area contributed by atoms with Gasteiger partial charge in [0.25, 0.3) is 0 Å². The number of aryl methyl sites for hydroxylation is 1. The highest BCUT2D eigenvalue weighted by molar-refractivity contribution is 7.99. The zero-order valence-corrected chi connectivity index (χ0v) is 9.25. The van der Waals surface area contributed by atoms with E-state index in [1.165, 1.54) is 5.56 Å². The number of hydrogen-bond acceptors (Lipinski definition) is 3. The molecule has 1 aromatic rings. The van der Waals surface area contributed by atoms with E-state index in [2.05, 4.69) is 11.4 Å². The summed E-state index contributed by atoms with van der Waals surface area (Å²) in [5.74, 6) is -0.133. The van der Waals surface area contributed by atoms with Crippen LogP contribution in [0.15, 0.2) is 24.3 Å². The Labute approximate surface area is 92.9 Å². The number of carbonyl (C=O) groups is 1. The minimum atomic E-state index is -0.766.